The summed E-state index contributed by atoms with van der Waals surface area (Å²) in [5, 5.41) is 4.93. The fourth-order valence-electron chi connectivity index (χ4n) is 4.35. The van der Waals surface area contributed by atoms with E-state index in [1.165, 1.54) is 12.8 Å². The molecule has 5 rings (SSSR count). The molecule has 0 spiro atoms. The summed E-state index contributed by atoms with van der Waals surface area (Å²) in [5.74, 6) is -0.632. The highest BCUT2D eigenvalue weighted by atomic mass is 19.1. The molecule has 1 N–H and O–H groups in total. The molecule has 2 aromatic heterocycles. The molecule has 9 heteroatoms. The first-order valence-electron chi connectivity index (χ1n) is 10.3. The van der Waals surface area contributed by atoms with E-state index in [4.69, 9.17) is 9.72 Å². The van der Waals surface area contributed by atoms with Gasteiger partial charge < -0.3 is 9.72 Å². The number of fused-ring (bicyclic) bond motifs is 1. The van der Waals surface area contributed by atoms with Crippen LogP contribution in [-0.2, 0) is 0 Å². The van der Waals surface area contributed by atoms with Crippen LogP contribution in [0.4, 0.5) is 8.78 Å². The van der Waals surface area contributed by atoms with Gasteiger partial charge in [-0.25, -0.2) is 18.4 Å². The van der Waals surface area contributed by atoms with Crippen LogP contribution in [0.5, 0.6) is 5.75 Å². The van der Waals surface area contributed by atoms with Crippen molar-refractivity contribution in [2.24, 2.45) is 0 Å². The molecular weight excluding hydrogens is 392 g/mol. The summed E-state index contributed by atoms with van der Waals surface area (Å²) in [6, 6.07) is 3.32. The Balaban J connectivity index is 1.32. The van der Waals surface area contributed by atoms with Crippen LogP contribution in [0.3, 0.4) is 0 Å². The number of halogens is 2. The van der Waals surface area contributed by atoms with Crippen LogP contribution in [0.2, 0.25) is 0 Å². The normalized spacial score (nSPS) is 19.3. The molecule has 3 heterocycles. The Hall–Kier alpha value is -2.81. The van der Waals surface area contributed by atoms with Gasteiger partial charge in [0.1, 0.15) is 23.1 Å². The van der Waals surface area contributed by atoms with Gasteiger partial charge in [-0.2, -0.15) is 5.10 Å². The standard InChI is InChI=1S/C21H23F2N5O2/c1-12(27-10-15(11-27)30-18-8-13(22)6-7-17(18)23)19-25-20-16(21(29)26-19)9-24-28(20)14-4-2-3-5-14/h6-9,12,14-15H,2-5,10-11H2,1H3,(H,25,26,29)/t12-/m1/s1. The summed E-state index contributed by atoms with van der Waals surface area (Å²) in [7, 11) is 0. The molecule has 0 bridgehead atoms. The molecule has 0 unspecified atom stereocenters. The number of likely N-dealkylation sites (tertiary alicyclic amines) is 1. The van der Waals surface area contributed by atoms with E-state index in [9.17, 15) is 13.6 Å². The number of hydrogen-bond donors (Lipinski definition) is 1. The molecule has 1 saturated carbocycles. The van der Waals surface area contributed by atoms with Gasteiger partial charge in [0.2, 0.25) is 0 Å². The van der Waals surface area contributed by atoms with Gasteiger partial charge in [0.05, 0.1) is 18.3 Å². The van der Waals surface area contributed by atoms with Gasteiger partial charge in [-0.15, -0.1) is 0 Å². The smallest absolute Gasteiger partial charge is 0.262 e. The number of H-pyrrole nitrogens is 1. The van der Waals surface area contributed by atoms with Crippen molar-refractivity contribution in [2.45, 2.75) is 50.8 Å². The number of aromatic amines is 1. The van der Waals surface area contributed by atoms with Crippen molar-refractivity contribution in [1.82, 2.24) is 24.6 Å². The summed E-state index contributed by atoms with van der Waals surface area (Å²) in [5.41, 5.74) is 0.434. The van der Waals surface area contributed by atoms with Crippen LogP contribution >= 0.6 is 0 Å². The monoisotopic (exact) mass is 415 g/mol. The maximum absolute atomic E-state index is 13.8. The van der Waals surface area contributed by atoms with E-state index in [-0.39, 0.29) is 23.5 Å². The molecule has 2 aliphatic rings. The third-order valence-corrected chi connectivity index (χ3v) is 6.16. The van der Waals surface area contributed by atoms with E-state index in [2.05, 4.69) is 15.0 Å². The van der Waals surface area contributed by atoms with Gasteiger partial charge in [0.25, 0.3) is 5.56 Å². The van der Waals surface area contributed by atoms with E-state index in [0.29, 0.717) is 36.0 Å². The lowest BCUT2D eigenvalue weighted by molar-refractivity contribution is -0.00932. The Kier molecular flexibility index (Phi) is 4.77. The highest BCUT2D eigenvalue weighted by molar-refractivity contribution is 5.73. The molecule has 3 aromatic rings. The van der Waals surface area contributed by atoms with Crippen molar-refractivity contribution in [3.63, 3.8) is 0 Å². The van der Waals surface area contributed by atoms with Crippen molar-refractivity contribution in [1.29, 1.82) is 0 Å². The highest BCUT2D eigenvalue weighted by Gasteiger charge is 2.34. The lowest BCUT2D eigenvalue weighted by atomic mass is 10.1. The molecule has 1 aromatic carbocycles. The lowest BCUT2D eigenvalue weighted by Gasteiger charge is -2.42. The van der Waals surface area contributed by atoms with Gasteiger partial charge in [-0.1, -0.05) is 12.8 Å². The van der Waals surface area contributed by atoms with E-state index in [1.54, 1.807) is 6.20 Å². The molecule has 1 aliphatic carbocycles. The van der Waals surface area contributed by atoms with Gasteiger partial charge in [0.15, 0.2) is 17.2 Å². The molecule has 2 fully saturated rings. The van der Waals surface area contributed by atoms with Crippen LogP contribution in [-0.4, -0.2) is 43.8 Å². The van der Waals surface area contributed by atoms with Gasteiger partial charge in [-0.05, 0) is 31.9 Å². The number of rotatable bonds is 5. The number of aromatic nitrogens is 4. The average molecular weight is 415 g/mol. The molecule has 30 heavy (non-hydrogen) atoms. The lowest BCUT2D eigenvalue weighted by Crippen LogP contribution is -2.54. The van der Waals surface area contributed by atoms with E-state index < -0.39 is 11.6 Å². The Morgan fingerprint density at radius 3 is 2.77 bits per heavy atom. The van der Waals surface area contributed by atoms with Crippen LogP contribution < -0.4 is 10.3 Å². The summed E-state index contributed by atoms with van der Waals surface area (Å²) in [6.07, 6.45) is 5.78. The summed E-state index contributed by atoms with van der Waals surface area (Å²) in [6.45, 7) is 3.01. The second-order valence-corrected chi connectivity index (χ2v) is 8.16. The number of nitrogens with zero attached hydrogens (tertiary/aromatic N) is 4. The maximum atomic E-state index is 13.8. The first kappa shape index (κ1) is 19.2. The fraction of sp³-hybridized carbons (Fsp3) is 0.476. The molecule has 0 amide bonds. The predicted octanol–water partition coefficient (Wildman–Crippen LogP) is 3.34. The predicted molar refractivity (Wildman–Crippen MR) is 106 cm³/mol. The van der Waals surface area contributed by atoms with E-state index in [0.717, 1.165) is 31.0 Å². The summed E-state index contributed by atoms with van der Waals surface area (Å²) in [4.78, 5) is 22.2. The molecular formula is C21H23F2N5O2. The second-order valence-electron chi connectivity index (χ2n) is 8.16. The minimum absolute atomic E-state index is 0.0827. The Labute approximate surface area is 171 Å². The summed E-state index contributed by atoms with van der Waals surface area (Å²) < 4.78 is 34.6. The molecule has 158 valence electrons. The Bertz CT molecular complexity index is 1130. The van der Waals surface area contributed by atoms with Crippen molar-refractivity contribution in [3.8, 4) is 5.75 Å². The zero-order valence-electron chi connectivity index (χ0n) is 16.6. The molecule has 1 aliphatic heterocycles. The number of benzene rings is 1. The van der Waals surface area contributed by atoms with Crippen molar-refractivity contribution >= 4 is 11.0 Å². The van der Waals surface area contributed by atoms with Crippen LogP contribution in [0.15, 0.2) is 29.2 Å². The van der Waals surface area contributed by atoms with Crippen LogP contribution in [0.25, 0.3) is 11.0 Å². The van der Waals surface area contributed by atoms with Gasteiger partial charge >= 0.3 is 0 Å². The highest BCUT2D eigenvalue weighted by Crippen LogP contribution is 2.31. The minimum Gasteiger partial charge on any atom is -0.485 e. The number of nitrogens with one attached hydrogen (secondary N) is 1. The second kappa shape index (κ2) is 7.46. The molecule has 1 saturated heterocycles. The number of ether oxygens (including phenoxy) is 1. The fourth-order valence-corrected chi connectivity index (χ4v) is 4.35. The Morgan fingerprint density at radius 1 is 1.23 bits per heavy atom. The first-order valence-corrected chi connectivity index (χ1v) is 10.3. The SMILES string of the molecule is C[C@H](c1nc2c(cnn2C2CCCC2)c(=O)[nH]1)N1CC(Oc2cc(F)ccc2F)C1. The van der Waals surface area contributed by atoms with Crippen LogP contribution in [0, 0.1) is 11.6 Å². The maximum Gasteiger partial charge on any atom is 0.262 e. The third-order valence-electron chi connectivity index (χ3n) is 6.16. The van der Waals surface area contributed by atoms with Crippen molar-refractivity contribution in [3.05, 3.63) is 52.2 Å². The van der Waals surface area contributed by atoms with Gasteiger partial charge in [0, 0.05) is 19.2 Å². The molecule has 1 atom stereocenters. The summed E-state index contributed by atoms with van der Waals surface area (Å²) >= 11 is 0. The molecule has 7 nitrogen and oxygen atoms in total. The zero-order chi connectivity index (χ0) is 20.8. The third kappa shape index (κ3) is 3.36. The average Bonchev–Trinajstić information content (AvgIpc) is 3.35. The number of hydrogen-bond acceptors (Lipinski definition) is 5. The van der Waals surface area contributed by atoms with E-state index in [1.807, 2.05) is 11.6 Å². The van der Waals surface area contributed by atoms with Crippen molar-refractivity contribution < 1.29 is 13.5 Å². The van der Waals surface area contributed by atoms with Crippen LogP contribution in [0.1, 0.15) is 50.5 Å². The van der Waals surface area contributed by atoms with Gasteiger partial charge in [-0.3, -0.25) is 9.69 Å². The van der Waals surface area contributed by atoms with E-state index >= 15 is 0 Å². The largest absolute Gasteiger partial charge is 0.485 e. The Morgan fingerprint density at radius 2 is 2.00 bits per heavy atom. The quantitative estimate of drug-likeness (QED) is 0.692. The zero-order valence-corrected chi connectivity index (χ0v) is 16.6. The first-order chi connectivity index (χ1) is 14.5. The van der Waals surface area contributed by atoms with Crippen molar-refractivity contribution in [2.75, 3.05) is 13.1 Å². The topological polar surface area (TPSA) is 76.0 Å². The minimum atomic E-state index is -0.584. The molecule has 0 radical (unpaired) electrons.